The van der Waals surface area contributed by atoms with E-state index < -0.39 is 0 Å². The zero-order valence-corrected chi connectivity index (χ0v) is 12.4. The standard InChI is InChI=1S/C12H18BrNO2S/c1-9-11(13)6-10(17-9)7-14-12(8-15)2-4-16-5-3-12/h6,14-15H,2-5,7-8H2,1H3. The highest BCUT2D eigenvalue weighted by molar-refractivity contribution is 9.10. The maximum absolute atomic E-state index is 9.56. The first-order valence-corrected chi connectivity index (χ1v) is 7.45. The highest BCUT2D eigenvalue weighted by Crippen LogP contribution is 2.27. The zero-order chi connectivity index (χ0) is 12.3. The second kappa shape index (κ2) is 5.80. The maximum Gasteiger partial charge on any atom is 0.0615 e. The van der Waals surface area contributed by atoms with Gasteiger partial charge in [0.1, 0.15) is 0 Å². The summed E-state index contributed by atoms with van der Waals surface area (Å²) in [5.41, 5.74) is -0.150. The van der Waals surface area contributed by atoms with E-state index in [0.29, 0.717) is 0 Å². The summed E-state index contributed by atoms with van der Waals surface area (Å²) >= 11 is 5.32. The predicted octanol–water partition coefficient (Wildman–Crippen LogP) is 2.45. The van der Waals surface area contributed by atoms with E-state index >= 15 is 0 Å². The average Bonchev–Trinajstić information content (AvgIpc) is 2.68. The molecule has 1 saturated heterocycles. The van der Waals surface area contributed by atoms with Crippen molar-refractivity contribution >= 4 is 27.3 Å². The number of ether oxygens (including phenoxy) is 1. The van der Waals surface area contributed by atoms with Gasteiger partial charge >= 0.3 is 0 Å². The molecule has 0 unspecified atom stereocenters. The Morgan fingerprint density at radius 3 is 2.76 bits per heavy atom. The lowest BCUT2D eigenvalue weighted by Gasteiger charge is -2.36. The molecule has 0 radical (unpaired) electrons. The smallest absolute Gasteiger partial charge is 0.0615 e. The van der Waals surface area contributed by atoms with Crippen LogP contribution in [-0.4, -0.2) is 30.5 Å². The minimum Gasteiger partial charge on any atom is -0.394 e. The van der Waals surface area contributed by atoms with Crippen molar-refractivity contribution < 1.29 is 9.84 Å². The normalized spacial score (nSPS) is 19.5. The Hall–Kier alpha value is 0.0600. The molecule has 96 valence electrons. The Balaban J connectivity index is 1.95. The lowest BCUT2D eigenvalue weighted by atomic mass is 9.91. The first kappa shape index (κ1) is 13.5. The number of nitrogens with one attached hydrogen (secondary N) is 1. The minimum absolute atomic E-state index is 0.150. The third kappa shape index (κ3) is 3.29. The molecular weight excluding hydrogens is 302 g/mol. The lowest BCUT2D eigenvalue weighted by Crippen LogP contribution is -2.51. The van der Waals surface area contributed by atoms with Gasteiger partial charge in [0, 0.05) is 39.5 Å². The Kier molecular flexibility index (Phi) is 4.60. The number of aliphatic hydroxyl groups is 1. The van der Waals surface area contributed by atoms with Crippen molar-refractivity contribution in [1.82, 2.24) is 5.32 Å². The van der Waals surface area contributed by atoms with Gasteiger partial charge in [0.15, 0.2) is 0 Å². The van der Waals surface area contributed by atoms with Crippen molar-refractivity contribution in [2.75, 3.05) is 19.8 Å². The molecule has 0 aliphatic carbocycles. The number of hydrogen-bond donors (Lipinski definition) is 2. The largest absolute Gasteiger partial charge is 0.394 e. The van der Waals surface area contributed by atoms with E-state index in [9.17, 15) is 5.11 Å². The molecule has 1 aliphatic heterocycles. The molecule has 17 heavy (non-hydrogen) atoms. The van der Waals surface area contributed by atoms with E-state index in [0.717, 1.165) is 32.6 Å². The van der Waals surface area contributed by atoms with Gasteiger partial charge in [-0.15, -0.1) is 11.3 Å². The maximum atomic E-state index is 9.56. The molecule has 0 aromatic carbocycles. The van der Waals surface area contributed by atoms with Crippen molar-refractivity contribution in [2.45, 2.75) is 31.8 Å². The van der Waals surface area contributed by atoms with Crippen molar-refractivity contribution in [2.24, 2.45) is 0 Å². The zero-order valence-electron chi connectivity index (χ0n) is 9.96. The average molecular weight is 320 g/mol. The molecule has 2 rings (SSSR count). The number of thiophene rings is 1. The van der Waals surface area contributed by atoms with Gasteiger partial charge in [0.2, 0.25) is 0 Å². The number of rotatable bonds is 4. The molecule has 0 spiro atoms. The molecule has 2 heterocycles. The van der Waals surface area contributed by atoms with Crippen LogP contribution in [0.25, 0.3) is 0 Å². The van der Waals surface area contributed by atoms with E-state index in [2.05, 4.69) is 34.2 Å². The van der Waals surface area contributed by atoms with Crippen LogP contribution in [0.3, 0.4) is 0 Å². The summed E-state index contributed by atoms with van der Waals surface area (Å²) in [6.45, 7) is 4.58. The Bertz CT molecular complexity index is 355. The fourth-order valence-electron chi connectivity index (χ4n) is 2.03. The van der Waals surface area contributed by atoms with Crippen LogP contribution in [0.4, 0.5) is 0 Å². The summed E-state index contributed by atoms with van der Waals surface area (Å²) in [5, 5.41) is 13.1. The third-order valence-corrected chi connectivity index (χ3v) is 5.44. The number of halogens is 1. The number of hydrogen-bond acceptors (Lipinski definition) is 4. The quantitative estimate of drug-likeness (QED) is 0.895. The van der Waals surface area contributed by atoms with E-state index in [1.54, 1.807) is 11.3 Å². The van der Waals surface area contributed by atoms with Crippen LogP contribution in [0.1, 0.15) is 22.6 Å². The summed E-state index contributed by atoms with van der Waals surface area (Å²) < 4.78 is 6.52. The molecule has 0 bridgehead atoms. The summed E-state index contributed by atoms with van der Waals surface area (Å²) in [6.07, 6.45) is 1.77. The van der Waals surface area contributed by atoms with Gasteiger partial charge in [-0.1, -0.05) is 0 Å². The number of aliphatic hydroxyl groups excluding tert-OH is 1. The van der Waals surface area contributed by atoms with Crippen molar-refractivity contribution in [3.05, 3.63) is 20.3 Å². The summed E-state index contributed by atoms with van der Waals surface area (Å²) in [4.78, 5) is 2.60. The fourth-order valence-corrected chi connectivity index (χ4v) is 3.57. The van der Waals surface area contributed by atoms with Gasteiger partial charge in [0.25, 0.3) is 0 Å². The van der Waals surface area contributed by atoms with Gasteiger partial charge in [0.05, 0.1) is 6.61 Å². The van der Waals surface area contributed by atoms with Crippen molar-refractivity contribution in [3.63, 3.8) is 0 Å². The van der Waals surface area contributed by atoms with Crippen LogP contribution in [0.15, 0.2) is 10.5 Å². The van der Waals surface area contributed by atoms with Crippen LogP contribution in [0.2, 0.25) is 0 Å². The topological polar surface area (TPSA) is 41.5 Å². The molecular formula is C12H18BrNO2S. The highest BCUT2D eigenvalue weighted by Gasteiger charge is 2.31. The fraction of sp³-hybridized carbons (Fsp3) is 0.667. The van der Waals surface area contributed by atoms with Crippen molar-refractivity contribution in [1.29, 1.82) is 0 Å². The van der Waals surface area contributed by atoms with E-state index in [1.165, 1.54) is 14.2 Å². The molecule has 1 aromatic heterocycles. The van der Waals surface area contributed by atoms with Crippen LogP contribution in [-0.2, 0) is 11.3 Å². The van der Waals surface area contributed by atoms with E-state index in [1.807, 2.05) is 0 Å². The third-order valence-electron chi connectivity index (χ3n) is 3.30. The van der Waals surface area contributed by atoms with Gasteiger partial charge in [-0.3, -0.25) is 0 Å². The summed E-state index contributed by atoms with van der Waals surface area (Å²) in [5.74, 6) is 0. The van der Waals surface area contributed by atoms with Gasteiger partial charge < -0.3 is 15.2 Å². The Labute approximate surface area is 114 Å². The molecule has 0 amide bonds. The first-order valence-electron chi connectivity index (χ1n) is 5.84. The van der Waals surface area contributed by atoms with Gasteiger partial charge in [-0.2, -0.15) is 0 Å². The molecule has 3 nitrogen and oxygen atoms in total. The second-order valence-electron chi connectivity index (χ2n) is 4.52. The molecule has 2 N–H and O–H groups in total. The molecule has 1 fully saturated rings. The van der Waals surface area contributed by atoms with Crippen LogP contribution >= 0.6 is 27.3 Å². The second-order valence-corrected chi connectivity index (χ2v) is 6.72. The summed E-state index contributed by atoms with van der Waals surface area (Å²) in [7, 11) is 0. The molecule has 0 atom stereocenters. The molecule has 1 aromatic rings. The minimum atomic E-state index is -0.150. The van der Waals surface area contributed by atoms with Crippen molar-refractivity contribution in [3.8, 4) is 0 Å². The molecule has 1 aliphatic rings. The first-order chi connectivity index (χ1) is 8.15. The monoisotopic (exact) mass is 319 g/mol. The van der Waals surface area contributed by atoms with Crippen LogP contribution in [0.5, 0.6) is 0 Å². The highest BCUT2D eigenvalue weighted by atomic mass is 79.9. The summed E-state index contributed by atoms with van der Waals surface area (Å²) in [6, 6.07) is 2.15. The SMILES string of the molecule is Cc1sc(CNC2(CO)CCOCC2)cc1Br. The lowest BCUT2D eigenvalue weighted by molar-refractivity contribution is 0.0113. The number of aryl methyl sites for hydroxylation is 1. The van der Waals surface area contributed by atoms with Crippen LogP contribution in [0, 0.1) is 6.92 Å². The van der Waals surface area contributed by atoms with Gasteiger partial charge in [-0.25, -0.2) is 0 Å². The molecule has 0 saturated carbocycles. The predicted molar refractivity (Wildman–Crippen MR) is 73.5 cm³/mol. The van der Waals surface area contributed by atoms with Crippen LogP contribution < -0.4 is 5.32 Å². The Morgan fingerprint density at radius 1 is 1.53 bits per heavy atom. The Morgan fingerprint density at radius 2 is 2.24 bits per heavy atom. The molecule has 5 heteroatoms. The van der Waals surface area contributed by atoms with E-state index in [-0.39, 0.29) is 12.1 Å². The van der Waals surface area contributed by atoms with Gasteiger partial charge in [-0.05, 0) is 41.8 Å². The van der Waals surface area contributed by atoms with E-state index in [4.69, 9.17) is 4.74 Å².